The summed E-state index contributed by atoms with van der Waals surface area (Å²) in [4.78, 5) is 23.9. The molecule has 0 unspecified atom stereocenters. The van der Waals surface area contributed by atoms with Crippen LogP contribution in [-0.2, 0) is 22.4 Å². The van der Waals surface area contributed by atoms with E-state index < -0.39 is 5.97 Å². The summed E-state index contributed by atoms with van der Waals surface area (Å²) in [6.07, 6.45) is 1.96. The van der Waals surface area contributed by atoms with Crippen molar-refractivity contribution in [3.8, 4) is 0 Å². The fraction of sp³-hybridized carbons (Fsp3) is 0.263. The Balaban J connectivity index is 1.60. The van der Waals surface area contributed by atoms with E-state index in [1.165, 1.54) is 22.9 Å². The number of methoxy groups -OCH3 is 1. The van der Waals surface area contributed by atoms with Gasteiger partial charge in [0.05, 0.1) is 18.8 Å². The second-order valence-corrected chi connectivity index (χ2v) is 6.64. The summed E-state index contributed by atoms with van der Waals surface area (Å²) in [5.74, 6) is 0.269. The second kappa shape index (κ2) is 8.33. The summed E-state index contributed by atoms with van der Waals surface area (Å²) in [6.45, 7) is 0.961. The lowest BCUT2D eigenvalue weighted by Crippen LogP contribution is -2.22. The maximum Gasteiger partial charge on any atom is 0.339 e. The third-order valence-corrected chi connectivity index (χ3v) is 4.36. The van der Waals surface area contributed by atoms with Gasteiger partial charge in [-0.2, -0.15) is 0 Å². The topological polar surface area (TPSA) is 70.7 Å². The monoisotopic (exact) mass is 419 g/mol. The number of pyridine rings is 1. The van der Waals surface area contributed by atoms with E-state index in [1.54, 1.807) is 7.11 Å². The van der Waals surface area contributed by atoms with Crippen LogP contribution in [0.15, 0.2) is 56.3 Å². The molecule has 0 spiro atoms. The highest BCUT2D eigenvalue weighted by Crippen LogP contribution is 2.23. The predicted molar refractivity (Wildman–Crippen MR) is 100 cm³/mol. The van der Waals surface area contributed by atoms with Crippen molar-refractivity contribution in [3.05, 3.63) is 68.7 Å². The third kappa shape index (κ3) is 4.42. The summed E-state index contributed by atoms with van der Waals surface area (Å²) in [5, 5.41) is 0.992. The highest BCUT2D eigenvalue weighted by molar-refractivity contribution is 9.10. The number of benzene rings is 1. The van der Waals surface area contributed by atoms with Crippen LogP contribution in [-0.4, -0.2) is 30.9 Å². The molecule has 136 valence electrons. The lowest BCUT2D eigenvalue weighted by molar-refractivity contribution is 0.0503. The molecule has 3 aromatic rings. The second-order valence-electron chi connectivity index (χ2n) is 5.72. The number of hydrogen-bond donors (Lipinski definition) is 0. The van der Waals surface area contributed by atoms with Gasteiger partial charge in [0, 0.05) is 42.2 Å². The van der Waals surface area contributed by atoms with Crippen LogP contribution < -0.4 is 5.56 Å². The number of nitrogens with zero attached hydrogens (tertiary/aromatic N) is 1. The summed E-state index contributed by atoms with van der Waals surface area (Å²) >= 11 is 3.42. The number of halogens is 1. The van der Waals surface area contributed by atoms with Gasteiger partial charge in [-0.25, -0.2) is 4.79 Å². The zero-order valence-electron chi connectivity index (χ0n) is 14.2. The maximum absolute atomic E-state index is 12.2. The molecule has 0 aliphatic rings. The van der Waals surface area contributed by atoms with E-state index in [4.69, 9.17) is 13.9 Å². The van der Waals surface area contributed by atoms with E-state index in [0.29, 0.717) is 25.1 Å². The van der Waals surface area contributed by atoms with Gasteiger partial charge in [0.1, 0.15) is 11.3 Å². The molecule has 0 bridgehead atoms. The molecule has 0 atom stereocenters. The fourth-order valence-corrected chi connectivity index (χ4v) is 2.92. The van der Waals surface area contributed by atoms with Gasteiger partial charge >= 0.3 is 5.97 Å². The van der Waals surface area contributed by atoms with Crippen molar-refractivity contribution >= 4 is 32.9 Å². The summed E-state index contributed by atoms with van der Waals surface area (Å²) in [6, 6.07) is 10.5. The Morgan fingerprint density at radius 1 is 1.19 bits per heavy atom. The molecular weight excluding hydrogens is 402 g/mol. The molecule has 6 nitrogen and oxygen atoms in total. The van der Waals surface area contributed by atoms with Crippen molar-refractivity contribution in [2.24, 2.45) is 0 Å². The Labute approximate surface area is 158 Å². The molecule has 0 N–H and O–H groups in total. The molecule has 1 aromatic carbocycles. The van der Waals surface area contributed by atoms with E-state index in [0.717, 1.165) is 21.2 Å². The Kier molecular flexibility index (Phi) is 5.90. The first-order valence-corrected chi connectivity index (χ1v) is 8.90. The van der Waals surface area contributed by atoms with E-state index in [1.807, 2.05) is 24.3 Å². The summed E-state index contributed by atoms with van der Waals surface area (Å²) in [7, 11) is 1.56. The van der Waals surface area contributed by atoms with Crippen LogP contribution in [0, 0.1) is 0 Å². The molecule has 0 aliphatic carbocycles. The van der Waals surface area contributed by atoms with Gasteiger partial charge < -0.3 is 18.5 Å². The molecule has 0 saturated carbocycles. The van der Waals surface area contributed by atoms with Crippen LogP contribution in [0.25, 0.3) is 11.0 Å². The molecule has 2 aromatic heterocycles. The van der Waals surface area contributed by atoms with Crippen molar-refractivity contribution in [1.29, 1.82) is 0 Å². The van der Waals surface area contributed by atoms with E-state index in [-0.39, 0.29) is 12.2 Å². The minimum atomic E-state index is -0.477. The SMILES string of the molecule is COCCn1cc(C(=O)OCCc2cc3cc(Br)ccc3o2)ccc1=O. The van der Waals surface area contributed by atoms with Gasteiger partial charge in [-0.1, -0.05) is 15.9 Å². The molecule has 0 aliphatic heterocycles. The number of aromatic nitrogens is 1. The average Bonchev–Trinajstić information content (AvgIpc) is 3.02. The minimum absolute atomic E-state index is 0.188. The first-order chi connectivity index (χ1) is 12.6. The number of ether oxygens (including phenoxy) is 2. The number of carbonyl (C=O) groups is 1. The molecular formula is C19H18BrNO5. The number of fused-ring (bicyclic) bond motifs is 1. The number of hydrogen-bond acceptors (Lipinski definition) is 5. The highest BCUT2D eigenvalue weighted by Gasteiger charge is 2.10. The van der Waals surface area contributed by atoms with Crippen molar-refractivity contribution < 1.29 is 18.7 Å². The number of carbonyl (C=O) groups excluding carboxylic acids is 1. The average molecular weight is 420 g/mol. The maximum atomic E-state index is 12.2. The van der Waals surface area contributed by atoms with Crippen LogP contribution in [0.1, 0.15) is 16.1 Å². The summed E-state index contributed by atoms with van der Waals surface area (Å²) in [5.41, 5.74) is 0.932. The van der Waals surface area contributed by atoms with Crippen LogP contribution in [0.5, 0.6) is 0 Å². The lowest BCUT2D eigenvalue weighted by Gasteiger charge is -2.08. The Bertz CT molecular complexity index is 975. The van der Waals surface area contributed by atoms with Crippen LogP contribution in [0.4, 0.5) is 0 Å². The standard InChI is InChI=1S/C19H18BrNO5/c1-24-9-7-21-12-13(2-5-18(21)22)19(23)25-8-6-16-11-14-10-15(20)3-4-17(14)26-16/h2-5,10-12H,6-9H2,1H3. The highest BCUT2D eigenvalue weighted by atomic mass is 79.9. The van der Waals surface area contributed by atoms with Crippen LogP contribution >= 0.6 is 15.9 Å². The molecule has 0 radical (unpaired) electrons. The Morgan fingerprint density at radius 2 is 2.04 bits per heavy atom. The number of esters is 1. The molecule has 0 fully saturated rings. The quantitative estimate of drug-likeness (QED) is 0.548. The van der Waals surface area contributed by atoms with Crippen LogP contribution in [0.2, 0.25) is 0 Å². The number of furan rings is 1. The first kappa shape index (κ1) is 18.4. The van der Waals surface area contributed by atoms with Gasteiger partial charge in [-0.3, -0.25) is 4.79 Å². The Hall–Kier alpha value is -2.38. The molecule has 0 saturated heterocycles. The largest absolute Gasteiger partial charge is 0.462 e. The van der Waals surface area contributed by atoms with Gasteiger partial charge in [0.15, 0.2) is 0 Å². The normalized spacial score (nSPS) is 11.0. The van der Waals surface area contributed by atoms with E-state index in [2.05, 4.69) is 15.9 Å². The van der Waals surface area contributed by atoms with Gasteiger partial charge in [0.25, 0.3) is 5.56 Å². The zero-order chi connectivity index (χ0) is 18.5. The zero-order valence-corrected chi connectivity index (χ0v) is 15.8. The van der Waals surface area contributed by atoms with Gasteiger partial charge in [0.2, 0.25) is 0 Å². The fourth-order valence-electron chi connectivity index (χ4n) is 2.54. The molecule has 26 heavy (non-hydrogen) atoms. The van der Waals surface area contributed by atoms with Crippen molar-refractivity contribution in [2.45, 2.75) is 13.0 Å². The Morgan fingerprint density at radius 3 is 2.85 bits per heavy atom. The first-order valence-electron chi connectivity index (χ1n) is 8.11. The molecule has 7 heteroatoms. The third-order valence-electron chi connectivity index (χ3n) is 3.87. The van der Waals surface area contributed by atoms with E-state index >= 15 is 0 Å². The van der Waals surface area contributed by atoms with Crippen LogP contribution in [0.3, 0.4) is 0 Å². The van der Waals surface area contributed by atoms with Gasteiger partial charge in [-0.05, 0) is 30.3 Å². The van der Waals surface area contributed by atoms with Gasteiger partial charge in [-0.15, -0.1) is 0 Å². The lowest BCUT2D eigenvalue weighted by atomic mass is 10.2. The van der Waals surface area contributed by atoms with Crippen molar-refractivity contribution in [2.75, 3.05) is 20.3 Å². The molecule has 0 amide bonds. The smallest absolute Gasteiger partial charge is 0.339 e. The number of rotatable bonds is 7. The van der Waals surface area contributed by atoms with Crippen molar-refractivity contribution in [3.63, 3.8) is 0 Å². The summed E-state index contributed by atoms with van der Waals surface area (Å²) < 4.78 is 18.4. The van der Waals surface area contributed by atoms with Crippen molar-refractivity contribution in [1.82, 2.24) is 4.57 Å². The predicted octanol–water partition coefficient (Wildman–Crippen LogP) is 3.40. The van der Waals surface area contributed by atoms with E-state index in [9.17, 15) is 9.59 Å². The molecule has 2 heterocycles. The minimum Gasteiger partial charge on any atom is -0.462 e. The molecule has 3 rings (SSSR count).